The Morgan fingerprint density at radius 3 is 2.23 bits per heavy atom. The van der Waals surface area contributed by atoms with Gasteiger partial charge in [0.05, 0.1) is 6.20 Å². The first-order chi connectivity index (χ1) is 12.3. The van der Waals surface area contributed by atoms with E-state index in [0.717, 1.165) is 0 Å². The van der Waals surface area contributed by atoms with Crippen molar-refractivity contribution in [1.82, 2.24) is 4.98 Å². The monoisotopic (exact) mass is 447 g/mol. The SMILES string of the molecule is CC(=O)O[C@@H]1[C@@H](OC(C)=O)[C@H](OC(C)=O)CS[C@H]1Oc1cncc(Br)c1. The average Bonchev–Trinajstić information content (AvgIpc) is 2.51. The largest absolute Gasteiger partial charge is 0.474 e. The summed E-state index contributed by atoms with van der Waals surface area (Å²) in [6, 6.07) is 1.71. The molecule has 10 heteroatoms. The number of hydrogen-bond acceptors (Lipinski definition) is 9. The Morgan fingerprint density at radius 2 is 1.65 bits per heavy atom. The van der Waals surface area contributed by atoms with Crippen molar-refractivity contribution in [3.05, 3.63) is 22.9 Å². The Hall–Kier alpha value is -1.81. The highest BCUT2D eigenvalue weighted by molar-refractivity contribution is 9.10. The lowest BCUT2D eigenvalue weighted by molar-refractivity contribution is -0.186. The summed E-state index contributed by atoms with van der Waals surface area (Å²) in [6.45, 7) is 3.72. The van der Waals surface area contributed by atoms with Gasteiger partial charge in [-0.2, -0.15) is 0 Å². The lowest BCUT2D eigenvalue weighted by atomic mass is 10.1. The van der Waals surface area contributed by atoms with Crippen LogP contribution in [0, 0.1) is 0 Å². The maximum Gasteiger partial charge on any atom is 0.303 e. The highest BCUT2D eigenvalue weighted by Crippen LogP contribution is 2.34. The Kier molecular flexibility index (Phi) is 7.27. The summed E-state index contributed by atoms with van der Waals surface area (Å²) < 4.78 is 22.5. The van der Waals surface area contributed by atoms with E-state index in [9.17, 15) is 14.4 Å². The second-order valence-corrected chi connectivity index (χ2v) is 7.50. The molecule has 0 amide bonds. The number of hydrogen-bond donors (Lipinski definition) is 0. The molecule has 1 saturated heterocycles. The summed E-state index contributed by atoms with van der Waals surface area (Å²) in [4.78, 5) is 38.5. The fraction of sp³-hybridized carbons (Fsp3) is 0.500. The summed E-state index contributed by atoms with van der Waals surface area (Å²) in [5.74, 6) is -0.927. The van der Waals surface area contributed by atoms with E-state index in [4.69, 9.17) is 18.9 Å². The number of rotatable bonds is 5. The Labute approximate surface area is 163 Å². The maximum atomic E-state index is 11.6. The second-order valence-electron chi connectivity index (χ2n) is 5.45. The van der Waals surface area contributed by atoms with Crippen LogP contribution in [-0.4, -0.2) is 52.4 Å². The Bertz CT molecular complexity index is 686. The minimum absolute atomic E-state index is 0.307. The quantitative estimate of drug-likeness (QED) is 0.495. The van der Waals surface area contributed by atoms with Crippen LogP contribution >= 0.6 is 27.7 Å². The number of pyridine rings is 1. The van der Waals surface area contributed by atoms with E-state index in [-0.39, 0.29) is 0 Å². The predicted octanol–water partition coefficient (Wildman–Crippen LogP) is 2.09. The third-order valence-electron chi connectivity index (χ3n) is 3.24. The number of thioether (sulfide) groups is 1. The van der Waals surface area contributed by atoms with Gasteiger partial charge >= 0.3 is 17.9 Å². The van der Waals surface area contributed by atoms with E-state index in [1.807, 2.05) is 0 Å². The molecule has 142 valence electrons. The third kappa shape index (κ3) is 5.87. The number of ether oxygens (including phenoxy) is 4. The van der Waals surface area contributed by atoms with Crippen LogP contribution in [0.15, 0.2) is 22.9 Å². The van der Waals surface area contributed by atoms with E-state index >= 15 is 0 Å². The summed E-state index contributed by atoms with van der Waals surface area (Å²) in [6.07, 6.45) is 0.411. The molecule has 0 aromatic carbocycles. The molecule has 8 nitrogen and oxygen atoms in total. The zero-order chi connectivity index (χ0) is 19.3. The van der Waals surface area contributed by atoms with E-state index < -0.39 is 41.7 Å². The topological polar surface area (TPSA) is 101 Å². The second kappa shape index (κ2) is 9.22. The fourth-order valence-corrected chi connectivity index (χ4v) is 3.96. The van der Waals surface area contributed by atoms with Crippen molar-refractivity contribution in [2.75, 3.05) is 5.75 Å². The van der Waals surface area contributed by atoms with Gasteiger partial charge in [0.25, 0.3) is 0 Å². The van der Waals surface area contributed by atoms with Crippen LogP contribution in [0.4, 0.5) is 0 Å². The molecule has 1 fully saturated rings. The Morgan fingerprint density at radius 1 is 1.04 bits per heavy atom. The molecule has 0 saturated carbocycles. The lowest BCUT2D eigenvalue weighted by Gasteiger charge is -2.39. The molecule has 2 rings (SSSR count). The standard InChI is InChI=1S/C16H18BrNO7S/c1-8(19)22-13-7-26-16(25-12-4-11(17)5-18-6-12)15(24-10(3)21)14(13)23-9(2)20/h4-6,13-16H,7H2,1-3H3/t13-,14+,15-,16-/m1/s1. The number of nitrogens with zero attached hydrogens (tertiary/aromatic N) is 1. The van der Waals surface area contributed by atoms with E-state index in [1.165, 1.54) is 38.7 Å². The molecule has 0 unspecified atom stereocenters. The van der Waals surface area contributed by atoms with E-state index in [2.05, 4.69) is 20.9 Å². The van der Waals surface area contributed by atoms with E-state index in [1.54, 1.807) is 12.3 Å². The van der Waals surface area contributed by atoms with Crippen molar-refractivity contribution in [2.45, 2.75) is 44.5 Å². The van der Waals surface area contributed by atoms with Gasteiger partial charge in [-0.25, -0.2) is 0 Å². The summed E-state index contributed by atoms with van der Waals surface area (Å²) >= 11 is 4.59. The minimum atomic E-state index is -0.980. The number of carbonyl (C=O) groups is 3. The molecule has 0 N–H and O–H groups in total. The molecule has 1 aromatic heterocycles. The molecule has 2 heterocycles. The van der Waals surface area contributed by atoms with Crippen LogP contribution < -0.4 is 4.74 Å². The number of aromatic nitrogens is 1. The van der Waals surface area contributed by atoms with Gasteiger partial charge in [0, 0.05) is 37.2 Å². The van der Waals surface area contributed by atoms with E-state index in [0.29, 0.717) is 16.0 Å². The maximum absolute atomic E-state index is 11.6. The molecule has 1 aromatic rings. The number of halogens is 1. The fourth-order valence-electron chi connectivity index (χ4n) is 2.40. The molecule has 0 spiro atoms. The molecule has 4 atom stereocenters. The summed E-state index contributed by atoms with van der Waals surface area (Å²) in [5.41, 5.74) is -0.675. The molecule has 0 aliphatic carbocycles. The molecule has 0 bridgehead atoms. The highest BCUT2D eigenvalue weighted by atomic mass is 79.9. The van der Waals surface area contributed by atoms with Gasteiger partial charge in [-0.1, -0.05) is 0 Å². The first kappa shape index (κ1) is 20.5. The zero-order valence-corrected chi connectivity index (χ0v) is 16.7. The van der Waals surface area contributed by atoms with Gasteiger partial charge in [-0.15, -0.1) is 11.8 Å². The van der Waals surface area contributed by atoms with Crippen LogP contribution in [-0.2, 0) is 28.6 Å². The van der Waals surface area contributed by atoms with Gasteiger partial charge in [0.1, 0.15) is 5.75 Å². The first-order valence-electron chi connectivity index (χ1n) is 7.66. The molecular weight excluding hydrogens is 430 g/mol. The minimum Gasteiger partial charge on any atom is -0.474 e. The predicted molar refractivity (Wildman–Crippen MR) is 95.5 cm³/mol. The molecule has 1 aliphatic heterocycles. The van der Waals surface area contributed by atoms with Crippen molar-refractivity contribution < 1.29 is 33.3 Å². The molecule has 26 heavy (non-hydrogen) atoms. The third-order valence-corrected chi connectivity index (χ3v) is 4.88. The zero-order valence-electron chi connectivity index (χ0n) is 14.3. The van der Waals surface area contributed by atoms with Crippen molar-refractivity contribution in [1.29, 1.82) is 0 Å². The van der Waals surface area contributed by atoms with Gasteiger partial charge in [-0.05, 0) is 22.0 Å². The molecular formula is C16H18BrNO7S. The van der Waals surface area contributed by atoms with Crippen LogP contribution in [0.5, 0.6) is 5.75 Å². The van der Waals surface area contributed by atoms with Crippen molar-refractivity contribution in [3.8, 4) is 5.75 Å². The normalized spacial score (nSPS) is 25.1. The van der Waals surface area contributed by atoms with Gasteiger partial charge in [0.15, 0.2) is 23.7 Å². The number of esters is 3. The van der Waals surface area contributed by atoms with Crippen molar-refractivity contribution in [2.24, 2.45) is 0 Å². The summed E-state index contributed by atoms with van der Waals surface area (Å²) in [7, 11) is 0. The van der Waals surface area contributed by atoms with Gasteiger partial charge in [0.2, 0.25) is 0 Å². The lowest BCUT2D eigenvalue weighted by Crippen LogP contribution is -2.55. The van der Waals surface area contributed by atoms with Crippen LogP contribution in [0.3, 0.4) is 0 Å². The molecule has 0 radical (unpaired) electrons. The van der Waals surface area contributed by atoms with Crippen LogP contribution in [0.1, 0.15) is 20.8 Å². The average molecular weight is 448 g/mol. The highest BCUT2D eigenvalue weighted by Gasteiger charge is 2.47. The van der Waals surface area contributed by atoms with Crippen LogP contribution in [0.2, 0.25) is 0 Å². The van der Waals surface area contributed by atoms with Crippen molar-refractivity contribution in [3.63, 3.8) is 0 Å². The van der Waals surface area contributed by atoms with Crippen LogP contribution in [0.25, 0.3) is 0 Å². The summed E-state index contributed by atoms with van der Waals surface area (Å²) in [5, 5.41) is 0. The van der Waals surface area contributed by atoms with Crippen molar-refractivity contribution >= 4 is 45.6 Å². The smallest absolute Gasteiger partial charge is 0.303 e. The first-order valence-corrected chi connectivity index (χ1v) is 9.51. The Balaban J connectivity index is 2.27. The molecule has 1 aliphatic rings. The van der Waals surface area contributed by atoms with Gasteiger partial charge < -0.3 is 18.9 Å². The van der Waals surface area contributed by atoms with Gasteiger partial charge in [-0.3, -0.25) is 19.4 Å². The number of carbonyl (C=O) groups excluding carboxylic acids is 3.